The number of hydrogen-bond acceptors (Lipinski definition) is 7. The normalized spacial score (nSPS) is 24.2. The summed E-state index contributed by atoms with van der Waals surface area (Å²) in [7, 11) is 0. The highest BCUT2D eigenvalue weighted by atomic mass is 32.1. The van der Waals surface area contributed by atoms with Crippen LogP contribution in [0.1, 0.15) is 25.0 Å². The van der Waals surface area contributed by atoms with Crippen LogP contribution >= 0.6 is 11.3 Å². The number of nitrogens with one attached hydrogen (secondary N) is 1. The first-order chi connectivity index (χ1) is 11.7. The Balaban J connectivity index is 1.63. The van der Waals surface area contributed by atoms with E-state index >= 15 is 0 Å². The van der Waals surface area contributed by atoms with Gasteiger partial charge in [-0.05, 0) is 31.0 Å². The molecule has 0 spiro atoms. The van der Waals surface area contributed by atoms with Crippen molar-refractivity contribution < 1.29 is 9.52 Å². The Morgan fingerprint density at radius 2 is 2.17 bits per heavy atom. The predicted molar refractivity (Wildman–Crippen MR) is 93.3 cm³/mol. The van der Waals surface area contributed by atoms with Crippen molar-refractivity contribution in [1.29, 1.82) is 0 Å². The van der Waals surface area contributed by atoms with Gasteiger partial charge in [-0.25, -0.2) is 4.98 Å². The van der Waals surface area contributed by atoms with E-state index in [1.807, 2.05) is 17.5 Å². The molecule has 0 amide bonds. The van der Waals surface area contributed by atoms with E-state index in [2.05, 4.69) is 15.2 Å². The third-order valence-corrected chi connectivity index (χ3v) is 5.65. The summed E-state index contributed by atoms with van der Waals surface area (Å²) >= 11 is 1.56. The maximum atomic E-state index is 10.0. The fraction of sp³-hybridized carbons (Fsp3) is 0.412. The summed E-state index contributed by atoms with van der Waals surface area (Å²) in [5.41, 5.74) is 3.26. The second-order valence-electron chi connectivity index (χ2n) is 6.63. The van der Waals surface area contributed by atoms with Gasteiger partial charge in [0, 0.05) is 36.8 Å². The number of aliphatic hydroxyl groups excluding tert-OH is 1. The first-order valence-corrected chi connectivity index (χ1v) is 9.09. The van der Waals surface area contributed by atoms with E-state index in [0.717, 1.165) is 40.3 Å². The van der Waals surface area contributed by atoms with Gasteiger partial charge in [-0.2, -0.15) is 4.98 Å². The molecule has 5 heterocycles. The minimum Gasteiger partial charge on any atom is -0.423 e. The number of oxazole rings is 1. The molecule has 3 unspecified atom stereocenters. The lowest BCUT2D eigenvalue weighted by Crippen LogP contribution is -2.67. The van der Waals surface area contributed by atoms with E-state index in [1.165, 1.54) is 6.42 Å². The number of aliphatic hydroxyl groups is 1. The van der Waals surface area contributed by atoms with Crippen molar-refractivity contribution in [2.45, 2.75) is 31.5 Å². The molecule has 3 aliphatic rings. The van der Waals surface area contributed by atoms with Crippen LogP contribution in [0.2, 0.25) is 0 Å². The lowest BCUT2D eigenvalue weighted by molar-refractivity contribution is 0.199. The van der Waals surface area contributed by atoms with Gasteiger partial charge in [-0.15, -0.1) is 11.3 Å². The molecule has 3 aliphatic heterocycles. The van der Waals surface area contributed by atoms with E-state index in [0.29, 0.717) is 18.1 Å². The highest BCUT2D eigenvalue weighted by Crippen LogP contribution is 2.36. The predicted octanol–water partition coefficient (Wildman–Crippen LogP) is 2.56. The van der Waals surface area contributed by atoms with Crippen LogP contribution in [0.5, 0.6) is 0 Å². The fourth-order valence-electron chi connectivity index (χ4n) is 3.60. The first kappa shape index (κ1) is 14.4. The number of rotatable bonds is 3. The number of piperazine rings is 1. The molecule has 2 aromatic heterocycles. The summed E-state index contributed by atoms with van der Waals surface area (Å²) in [6.07, 6.45) is 2.47. The summed E-state index contributed by atoms with van der Waals surface area (Å²) in [5.74, 6) is 0. The average molecular weight is 342 g/mol. The van der Waals surface area contributed by atoms with Gasteiger partial charge in [0.15, 0.2) is 5.58 Å². The Bertz CT molecular complexity index is 874. The van der Waals surface area contributed by atoms with Crippen molar-refractivity contribution in [3.63, 3.8) is 0 Å². The van der Waals surface area contributed by atoms with Crippen molar-refractivity contribution in [3.05, 3.63) is 29.3 Å². The molecule has 7 heteroatoms. The zero-order valence-corrected chi connectivity index (χ0v) is 14.1. The van der Waals surface area contributed by atoms with Crippen molar-refractivity contribution in [2.75, 3.05) is 18.0 Å². The van der Waals surface area contributed by atoms with E-state index in [1.54, 1.807) is 24.5 Å². The Kier molecular flexibility index (Phi) is 3.16. The molecule has 3 aromatic rings. The molecule has 24 heavy (non-hydrogen) atoms. The number of nitrogens with zero attached hydrogens (tertiary/aromatic N) is 3. The monoisotopic (exact) mass is 342 g/mol. The van der Waals surface area contributed by atoms with Gasteiger partial charge in [-0.1, -0.05) is 0 Å². The van der Waals surface area contributed by atoms with Crippen molar-refractivity contribution >= 4 is 28.5 Å². The quantitative estimate of drug-likeness (QED) is 0.762. The van der Waals surface area contributed by atoms with Gasteiger partial charge in [0.05, 0.1) is 11.7 Å². The van der Waals surface area contributed by atoms with Gasteiger partial charge < -0.3 is 19.7 Å². The SMILES string of the molecule is CC(O)c1cc(-c2nccs2)c2oc(N3CC4CC(C3)N4)nc2c1. The largest absolute Gasteiger partial charge is 0.423 e. The highest BCUT2D eigenvalue weighted by Gasteiger charge is 2.38. The van der Waals surface area contributed by atoms with Gasteiger partial charge in [0.2, 0.25) is 0 Å². The third kappa shape index (κ3) is 2.23. The Morgan fingerprint density at radius 1 is 1.38 bits per heavy atom. The van der Waals surface area contributed by atoms with Gasteiger partial charge >= 0.3 is 0 Å². The number of anilines is 1. The van der Waals surface area contributed by atoms with Crippen LogP contribution in [0.15, 0.2) is 28.1 Å². The highest BCUT2D eigenvalue weighted by molar-refractivity contribution is 7.13. The third-order valence-electron chi connectivity index (χ3n) is 4.84. The minimum absolute atomic E-state index is 0.547. The average Bonchev–Trinajstić information content (AvgIpc) is 3.22. The van der Waals surface area contributed by atoms with Crippen LogP contribution in [0.4, 0.5) is 6.01 Å². The first-order valence-electron chi connectivity index (χ1n) is 8.21. The van der Waals surface area contributed by atoms with Gasteiger partial charge in [-0.3, -0.25) is 0 Å². The standard InChI is InChI=1S/C17H18N4O2S/c1-9(22)10-4-13(16-18-2-3-24-16)15-14(5-10)20-17(23-15)21-7-11-6-12(8-21)19-11/h2-5,9,11-12,19,22H,6-8H2,1H3. The van der Waals surface area contributed by atoms with Crippen LogP contribution in [-0.4, -0.2) is 40.2 Å². The van der Waals surface area contributed by atoms with Crippen molar-refractivity contribution in [2.24, 2.45) is 0 Å². The number of piperidine rings is 1. The summed E-state index contributed by atoms with van der Waals surface area (Å²) in [6, 6.07) is 5.63. The molecule has 6 nitrogen and oxygen atoms in total. The smallest absolute Gasteiger partial charge is 0.298 e. The molecule has 0 saturated carbocycles. The molecule has 0 radical (unpaired) electrons. The Morgan fingerprint density at radius 3 is 2.83 bits per heavy atom. The number of hydrogen-bond donors (Lipinski definition) is 2. The molecular weight excluding hydrogens is 324 g/mol. The molecule has 1 aromatic carbocycles. The van der Waals surface area contributed by atoms with Crippen molar-refractivity contribution in [1.82, 2.24) is 15.3 Å². The number of fused-ring (bicyclic) bond motifs is 3. The molecule has 124 valence electrons. The van der Waals surface area contributed by atoms with E-state index in [9.17, 15) is 5.11 Å². The van der Waals surface area contributed by atoms with Gasteiger partial charge in [0.1, 0.15) is 10.5 Å². The number of thiazole rings is 1. The van der Waals surface area contributed by atoms with Crippen LogP contribution in [0, 0.1) is 0 Å². The second-order valence-corrected chi connectivity index (χ2v) is 7.52. The summed E-state index contributed by atoms with van der Waals surface area (Å²) in [6.45, 7) is 3.62. The van der Waals surface area contributed by atoms with E-state index in [4.69, 9.17) is 9.40 Å². The number of aromatic nitrogens is 2. The lowest BCUT2D eigenvalue weighted by atomic mass is 9.92. The summed E-state index contributed by atoms with van der Waals surface area (Å²) in [5, 5.41) is 16.3. The van der Waals surface area contributed by atoms with Crippen LogP contribution in [0.3, 0.4) is 0 Å². The summed E-state index contributed by atoms with van der Waals surface area (Å²) < 4.78 is 6.14. The molecule has 6 rings (SSSR count). The molecule has 3 fully saturated rings. The molecule has 3 saturated heterocycles. The van der Waals surface area contributed by atoms with E-state index in [-0.39, 0.29) is 0 Å². The molecular formula is C17H18N4O2S. The zero-order chi connectivity index (χ0) is 16.3. The lowest BCUT2D eigenvalue weighted by Gasteiger charge is -2.47. The zero-order valence-electron chi connectivity index (χ0n) is 13.3. The van der Waals surface area contributed by atoms with Crippen LogP contribution < -0.4 is 10.2 Å². The fourth-order valence-corrected chi connectivity index (χ4v) is 4.26. The maximum absolute atomic E-state index is 10.0. The molecule has 2 N–H and O–H groups in total. The molecule has 2 bridgehead atoms. The van der Waals surface area contributed by atoms with E-state index < -0.39 is 6.10 Å². The summed E-state index contributed by atoms with van der Waals surface area (Å²) in [4.78, 5) is 11.3. The van der Waals surface area contributed by atoms with Gasteiger partial charge in [0.25, 0.3) is 6.01 Å². The Hall–Kier alpha value is -1.96. The van der Waals surface area contributed by atoms with Crippen LogP contribution in [-0.2, 0) is 0 Å². The maximum Gasteiger partial charge on any atom is 0.298 e. The van der Waals surface area contributed by atoms with Crippen LogP contribution in [0.25, 0.3) is 21.7 Å². The van der Waals surface area contributed by atoms with Crippen molar-refractivity contribution in [3.8, 4) is 10.6 Å². The minimum atomic E-state index is -0.555. The second kappa shape index (κ2) is 5.27. The molecule has 3 atom stereocenters. The Labute approximate surface area is 143 Å². The molecule has 0 aliphatic carbocycles. The topological polar surface area (TPSA) is 74.4 Å². The number of benzene rings is 1.